The summed E-state index contributed by atoms with van der Waals surface area (Å²) in [6, 6.07) is 14.0. The van der Waals surface area contributed by atoms with Crippen molar-refractivity contribution in [1.82, 2.24) is 25.2 Å². The molecule has 0 aliphatic rings. The summed E-state index contributed by atoms with van der Waals surface area (Å²) in [5.74, 6) is 2.66. The van der Waals surface area contributed by atoms with Crippen LogP contribution in [0.1, 0.15) is 31.7 Å². The van der Waals surface area contributed by atoms with E-state index in [0.717, 1.165) is 49.1 Å². The van der Waals surface area contributed by atoms with Gasteiger partial charge in [0.15, 0.2) is 11.6 Å². The highest BCUT2D eigenvalue weighted by Crippen LogP contribution is 2.14. The van der Waals surface area contributed by atoms with Crippen LogP contribution in [0.4, 0.5) is 0 Å². The summed E-state index contributed by atoms with van der Waals surface area (Å²) in [5, 5.41) is 15.1. The van der Waals surface area contributed by atoms with Crippen LogP contribution in [0.15, 0.2) is 53.7 Å². The Morgan fingerprint density at radius 1 is 1.17 bits per heavy atom. The maximum absolute atomic E-state index is 5.96. The Balaban J connectivity index is 0.00000320. The number of rotatable bonds is 9. The minimum absolute atomic E-state index is 0. The normalized spacial score (nSPS) is 12.3. The molecule has 30 heavy (non-hydrogen) atoms. The molecule has 1 aromatic carbocycles. The van der Waals surface area contributed by atoms with E-state index in [1.54, 1.807) is 0 Å². The van der Waals surface area contributed by atoms with Gasteiger partial charge in [-0.3, -0.25) is 4.40 Å². The van der Waals surface area contributed by atoms with Crippen molar-refractivity contribution in [3.05, 3.63) is 60.0 Å². The first kappa shape index (κ1) is 23.9. The summed E-state index contributed by atoms with van der Waals surface area (Å²) < 4.78 is 7.99. The van der Waals surface area contributed by atoms with Crippen molar-refractivity contribution in [3.63, 3.8) is 0 Å². The topological polar surface area (TPSA) is 75.8 Å². The first-order valence-electron chi connectivity index (χ1n) is 10.2. The van der Waals surface area contributed by atoms with Gasteiger partial charge in [0.2, 0.25) is 0 Å². The highest BCUT2D eigenvalue weighted by atomic mass is 127. The van der Waals surface area contributed by atoms with Gasteiger partial charge in [0, 0.05) is 25.7 Å². The van der Waals surface area contributed by atoms with Crippen LogP contribution >= 0.6 is 24.0 Å². The number of hydrogen-bond donors (Lipinski definition) is 2. The first-order chi connectivity index (χ1) is 14.2. The summed E-state index contributed by atoms with van der Waals surface area (Å²) in [4.78, 5) is 4.65. The van der Waals surface area contributed by atoms with E-state index < -0.39 is 0 Å². The molecule has 0 bridgehead atoms. The standard InChI is InChI=1S/C22H30N6O.HI/c1-4-23-22(25-16-18(3)29-19-10-7-9-17(2)15-19)24-13-8-12-21-27-26-20-11-5-6-14-28(20)21;/h5-7,9-11,14-15,18H,4,8,12-13,16H2,1-3H3,(H2,23,24,25);1H. The molecule has 0 amide bonds. The van der Waals surface area contributed by atoms with Crippen molar-refractivity contribution in [1.29, 1.82) is 0 Å². The van der Waals surface area contributed by atoms with Gasteiger partial charge in [0.1, 0.15) is 17.7 Å². The molecule has 0 saturated heterocycles. The number of ether oxygens (including phenoxy) is 1. The van der Waals surface area contributed by atoms with E-state index in [1.165, 1.54) is 5.56 Å². The van der Waals surface area contributed by atoms with Crippen LogP contribution in [0.2, 0.25) is 0 Å². The maximum Gasteiger partial charge on any atom is 0.191 e. The average Bonchev–Trinajstić information content (AvgIpc) is 3.12. The third kappa shape index (κ3) is 7.16. The minimum atomic E-state index is -0.00499. The number of benzene rings is 1. The number of aliphatic imine (C=N–C) groups is 1. The largest absolute Gasteiger partial charge is 0.489 e. The predicted octanol–water partition coefficient (Wildman–Crippen LogP) is 3.61. The molecule has 7 nitrogen and oxygen atoms in total. The molecule has 2 N–H and O–H groups in total. The van der Waals surface area contributed by atoms with Gasteiger partial charge in [-0.25, -0.2) is 4.99 Å². The Kier molecular flexibility index (Phi) is 9.85. The van der Waals surface area contributed by atoms with Crippen molar-refractivity contribution in [3.8, 4) is 5.75 Å². The number of nitrogens with one attached hydrogen (secondary N) is 2. The zero-order valence-electron chi connectivity index (χ0n) is 17.8. The van der Waals surface area contributed by atoms with Crippen LogP contribution in [-0.4, -0.2) is 46.3 Å². The Morgan fingerprint density at radius 2 is 2.03 bits per heavy atom. The summed E-state index contributed by atoms with van der Waals surface area (Å²) in [7, 11) is 0. The molecule has 0 fully saturated rings. The zero-order valence-corrected chi connectivity index (χ0v) is 20.2. The molecular weight excluding hydrogens is 491 g/mol. The summed E-state index contributed by atoms with van der Waals surface area (Å²) >= 11 is 0. The zero-order chi connectivity index (χ0) is 20.5. The molecule has 0 aliphatic carbocycles. The molecule has 162 valence electrons. The van der Waals surface area contributed by atoms with Gasteiger partial charge in [-0.15, -0.1) is 34.2 Å². The lowest BCUT2D eigenvalue weighted by atomic mass is 10.2. The van der Waals surface area contributed by atoms with Crippen LogP contribution in [0, 0.1) is 6.92 Å². The fraction of sp³-hybridized carbons (Fsp3) is 0.409. The van der Waals surface area contributed by atoms with Gasteiger partial charge >= 0.3 is 0 Å². The number of nitrogens with zero attached hydrogens (tertiary/aromatic N) is 4. The molecule has 3 rings (SSSR count). The van der Waals surface area contributed by atoms with Gasteiger partial charge in [-0.2, -0.15) is 0 Å². The van der Waals surface area contributed by atoms with Crippen molar-refractivity contribution in [2.45, 2.75) is 39.7 Å². The Hall–Kier alpha value is -2.36. The highest BCUT2D eigenvalue weighted by molar-refractivity contribution is 14.0. The van der Waals surface area contributed by atoms with Crippen LogP contribution in [0.3, 0.4) is 0 Å². The van der Waals surface area contributed by atoms with Gasteiger partial charge in [-0.1, -0.05) is 18.2 Å². The molecule has 2 heterocycles. The number of fused-ring (bicyclic) bond motifs is 1. The summed E-state index contributed by atoms with van der Waals surface area (Å²) in [5.41, 5.74) is 2.07. The average molecular weight is 522 g/mol. The van der Waals surface area contributed by atoms with E-state index >= 15 is 0 Å². The fourth-order valence-corrected chi connectivity index (χ4v) is 3.03. The lowest BCUT2D eigenvalue weighted by Crippen LogP contribution is -2.38. The monoisotopic (exact) mass is 522 g/mol. The molecule has 1 unspecified atom stereocenters. The van der Waals surface area contributed by atoms with E-state index in [9.17, 15) is 0 Å². The number of halogens is 1. The van der Waals surface area contributed by atoms with E-state index in [2.05, 4.69) is 45.7 Å². The lowest BCUT2D eigenvalue weighted by Gasteiger charge is -2.15. The third-order valence-electron chi connectivity index (χ3n) is 4.43. The number of guanidine groups is 1. The Morgan fingerprint density at radius 3 is 2.83 bits per heavy atom. The van der Waals surface area contributed by atoms with Crippen LogP contribution in [-0.2, 0) is 6.42 Å². The van der Waals surface area contributed by atoms with Gasteiger partial charge in [0.05, 0.1) is 6.54 Å². The Labute approximate surface area is 195 Å². The second-order valence-corrected chi connectivity index (χ2v) is 7.04. The maximum atomic E-state index is 5.96. The minimum Gasteiger partial charge on any atom is -0.489 e. The molecule has 2 aromatic heterocycles. The molecule has 0 aliphatic heterocycles. The van der Waals surface area contributed by atoms with Gasteiger partial charge in [0.25, 0.3) is 0 Å². The van der Waals surface area contributed by atoms with E-state index in [4.69, 9.17) is 4.74 Å². The summed E-state index contributed by atoms with van der Waals surface area (Å²) in [6.07, 6.45) is 3.79. The fourth-order valence-electron chi connectivity index (χ4n) is 3.03. The highest BCUT2D eigenvalue weighted by Gasteiger charge is 2.06. The molecular formula is C22H31IN6O. The van der Waals surface area contributed by atoms with Gasteiger partial charge < -0.3 is 15.4 Å². The number of aromatic nitrogens is 3. The molecule has 0 spiro atoms. The van der Waals surface area contributed by atoms with E-state index in [-0.39, 0.29) is 30.1 Å². The van der Waals surface area contributed by atoms with Gasteiger partial charge in [-0.05, 0) is 57.0 Å². The molecule has 1 atom stereocenters. The summed E-state index contributed by atoms with van der Waals surface area (Å²) in [6.45, 7) is 8.36. The van der Waals surface area contributed by atoms with E-state index in [1.807, 2.05) is 53.9 Å². The number of aryl methyl sites for hydroxylation is 2. The van der Waals surface area contributed by atoms with Crippen LogP contribution in [0.25, 0.3) is 5.65 Å². The van der Waals surface area contributed by atoms with Crippen molar-refractivity contribution < 1.29 is 4.74 Å². The second kappa shape index (κ2) is 12.4. The molecule has 0 radical (unpaired) electrons. The predicted molar refractivity (Wildman–Crippen MR) is 132 cm³/mol. The van der Waals surface area contributed by atoms with E-state index in [0.29, 0.717) is 6.54 Å². The first-order valence-corrected chi connectivity index (χ1v) is 10.2. The lowest BCUT2D eigenvalue weighted by molar-refractivity contribution is 0.230. The SMILES string of the molecule is CCNC(=NCC(C)Oc1cccc(C)c1)NCCCc1nnc2ccccn12.I. The Bertz CT molecular complexity index is 942. The second-order valence-electron chi connectivity index (χ2n) is 7.04. The van der Waals surface area contributed by atoms with Crippen molar-refractivity contribution in [2.75, 3.05) is 19.6 Å². The van der Waals surface area contributed by atoms with Crippen molar-refractivity contribution >= 4 is 35.6 Å². The molecule has 3 aromatic rings. The quantitative estimate of drug-likeness (QED) is 0.195. The smallest absolute Gasteiger partial charge is 0.191 e. The van der Waals surface area contributed by atoms with Crippen LogP contribution in [0.5, 0.6) is 5.75 Å². The molecule has 0 saturated carbocycles. The number of hydrogen-bond acceptors (Lipinski definition) is 4. The van der Waals surface area contributed by atoms with Crippen LogP contribution < -0.4 is 15.4 Å². The molecule has 8 heteroatoms. The third-order valence-corrected chi connectivity index (χ3v) is 4.43. The van der Waals surface area contributed by atoms with Crippen molar-refractivity contribution in [2.24, 2.45) is 4.99 Å². The number of pyridine rings is 1.